The third kappa shape index (κ3) is 6.43. The Morgan fingerprint density at radius 2 is 1.81 bits per heavy atom. The van der Waals surface area contributed by atoms with E-state index in [4.69, 9.17) is 0 Å². The summed E-state index contributed by atoms with van der Waals surface area (Å²) >= 11 is 0. The maximum absolute atomic E-state index is 13.2. The number of benzene rings is 1. The predicted molar refractivity (Wildman–Crippen MR) is 123 cm³/mol. The highest BCUT2D eigenvalue weighted by atomic mass is 32.2. The van der Waals surface area contributed by atoms with Crippen molar-refractivity contribution in [3.8, 4) is 11.5 Å². The first-order valence-electron chi connectivity index (χ1n) is 10.9. The molecule has 0 spiro atoms. The number of aromatic hydroxyl groups is 2. The molecule has 172 valence electrons. The number of unbranched alkanes of at least 4 members (excludes halogenated alkanes) is 2. The summed E-state index contributed by atoms with van der Waals surface area (Å²) in [5, 5.41) is 21.5. The van der Waals surface area contributed by atoms with E-state index in [1.807, 2.05) is 33.8 Å². The molecule has 2 N–H and O–H groups in total. The molecule has 1 aromatic carbocycles. The number of carbonyl (C=O) groups excluding carboxylic acids is 1. The van der Waals surface area contributed by atoms with Gasteiger partial charge in [0, 0.05) is 5.56 Å². The summed E-state index contributed by atoms with van der Waals surface area (Å²) in [6.45, 7) is 7.78. The van der Waals surface area contributed by atoms with E-state index in [0.717, 1.165) is 42.0 Å². The largest absolute Gasteiger partial charge is 0.508 e. The molecule has 1 aromatic rings. The molecule has 0 radical (unpaired) electrons. The Labute approximate surface area is 186 Å². The lowest BCUT2D eigenvalue weighted by atomic mass is 10.00. The number of aryl methyl sites for hydroxylation is 1. The number of phenols is 2. The SMILES string of the molecule is CCCCCc1cc(O)c(C/C=C(\C)CCC=C(C)C)c(O)c1S(=O)(=O)N1CC(=O)C1. The van der Waals surface area contributed by atoms with Crippen LogP contribution in [0.1, 0.15) is 70.9 Å². The summed E-state index contributed by atoms with van der Waals surface area (Å²) in [4.78, 5) is 11.2. The number of rotatable bonds is 11. The quantitative estimate of drug-likeness (QED) is 0.379. The summed E-state index contributed by atoms with van der Waals surface area (Å²) in [5.74, 6) is -0.653. The molecular weight excluding hydrogens is 414 g/mol. The molecule has 31 heavy (non-hydrogen) atoms. The van der Waals surface area contributed by atoms with Crippen LogP contribution in [-0.2, 0) is 27.7 Å². The lowest BCUT2D eigenvalue weighted by molar-refractivity contribution is -0.125. The maximum Gasteiger partial charge on any atom is 0.247 e. The molecule has 2 rings (SSSR count). The van der Waals surface area contributed by atoms with Gasteiger partial charge in [0.1, 0.15) is 16.4 Å². The van der Waals surface area contributed by atoms with Gasteiger partial charge in [-0.2, -0.15) is 4.31 Å². The fourth-order valence-corrected chi connectivity index (χ4v) is 5.33. The van der Waals surface area contributed by atoms with Crippen molar-refractivity contribution in [2.75, 3.05) is 13.1 Å². The minimum absolute atomic E-state index is 0.101. The van der Waals surface area contributed by atoms with Crippen molar-refractivity contribution in [3.63, 3.8) is 0 Å². The Morgan fingerprint density at radius 1 is 1.13 bits per heavy atom. The summed E-state index contributed by atoms with van der Waals surface area (Å²) in [6.07, 6.45) is 9.11. The number of ketones is 1. The Bertz CT molecular complexity index is 964. The summed E-state index contributed by atoms with van der Waals surface area (Å²) in [5.41, 5.74) is 2.95. The first-order valence-corrected chi connectivity index (χ1v) is 12.4. The normalized spacial score (nSPS) is 15.1. The number of phenolic OH excluding ortho intramolecular Hbond substituents is 2. The number of nitrogens with zero attached hydrogens (tertiary/aromatic N) is 1. The lowest BCUT2D eigenvalue weighted by Gasteiger charge is -2.30. The van der Waals surface area contributed by atoms with Gasteiger partial charge in [0.05, 0.1) is 13.1 Å². The van der Waals surface area contributed by atoms with Gasteiger partial charge in [-0.1, -0.05) is 43.1 Å². The predicted octanol–water partition coefficient (Wildman–Crippen LogP) is 4.64. The molecule has 0 unspecified atom stereocenters. The van der Waals surface area contributed by atoms with Crippen LogP contribution in [0.3, 0.4) is 0 Å². The van der Waals surface area contributed by atoms with E-state index in [-0.39, 0.29) is 41.5 Å². The van der Waals surface area contributed by atoms with Crippen LogP contribution < -0.4 is 0 Å². The first-order chi connectivity index (χ1) is 14.6. The number of allylic oxidation sites excluding steroid dienone is 4. The number of hydrogen-bond donors (Lipinski definition) is 2. The van der Waals surface area contributed by atoms with E-state index < -0.39 is 15.8 Å². The van der Waals surface area contributed by atoms with Gasteiger partial charge in [-0.05, 0) is 64.5 Å². The second-order valence-corrected chi connectivity index (χ2v) is 10.4. The minimum Gasteiger partial charge on any atom is -0.508 e. The van der Waals surface area contributed by atoms with Gasteiger partial charge in [0.2, 0.25) is 10.0 Å². The van der Waals surface area contributed by atoms with Crippen LogP contribution in [0.2, 0.25) is 0 Å². The van der Waals surface area contributed by atoms with Crippen molar-refractivity contribution >= 4 is 15.8 Å². The number of hydrogen-bond acceptors (Lipinski definition) is 5. The van der Waals surface area contributed by atoms with Crippen molar-refractivity contribution < 1.29 is 23.4 Å². The van der Waals surface area contributed by atoms with E-state index in [1.54, 1.807) is 0 Å². The van der Waals surface area contributed by atoms with Crippen molar-refractivity contribution in [2.24, 2.45) is 0 Å². The fraction of sp³-hybridized carbons (Fsp3) is 0.542. The highest BCUT2D eigenvalue weighted by molar-refractivity contribution is 7.89. The fourth-order valence-electron chi connectivity index (χ4n) is 3.58. The van der Waals surface area contributed by atoms with E-state index in [2.05, 4.69) is 6.08 Å². The van der Waals surface area contributed by atoms with Crippen LogP contribution in [0.25, 0.3) is 0 Å². The summed E-state index contributed by atoms with van der Waals surface area (Å²) < 4.78 is 27.4. The molecule has 0 saturated carbocycles. The molecule has 0 aromatic heterocycles. The molecule has 6 nitrogen and oxygen atoms in total. The third-order valence-corrected chi connectivity index (χ3v) is 7.42. The van der Waals surface area contributed by atoms with Crippen molar-refractivity contribution in [1.82, 2.24) is 4.31 Å². The monoisotopic (exact) mass is 449 g/mol. The van der Waals surface area contributed by atoms with Crippen molar-refractivity contribution in [1.29, 1.82) is 0 Å². The standard InChI is InChI=1S/C24H35NO5S/c1-5-6-7-11-19-14-22(27)21(13-12-18(4)10-8-9-17(2)3)23(28)24(19)31(29,30)25-15-20(26)16-25/h9,12,14,27-28H,5-8,10-11,13,15-16H2,1-4H3/b18-12+. The van der Waals surface area contributed by atoms with Crippen LogP contribution in [0, 0.1) is 0 Å². The third-order valence-electron chi connectivity index (χ3n) is 5.51. The molecule has 0 amide bonds. The van der Waals surface area contributed by atoms with Crippen LogP contribution in [0.4, 0.5) is 0 Å². The van der Waals surface area contributed by atoms with Crippen LogP contribution in [0.5, 0.6) is 11.5 Å². The molecule has 1 saturated heterocycles. The van der Waals surface area contributed by atoms with Gasteiger partial charge in [-0.3, -0.25) is 4.79 Å². The smallest absolute Gasteiger partial charge is 0.247 e. The Hall–Kier alpha value is -2.12. The van der Waals surface area contributed by atoms with Gasteiger partial charge in [0.15, 0.2) is 5.78 Å². The molecule has 1 aliphatic rings. The number of sulfonamides is 1. The summed E-state index contributed by atoms with van der Waals surface area (Å²) in [6, 6.07) is 1.46. The number of Topliss-reactive ketones (excluding diaryl/α,β-unsaturated/α-hetero) is 1. The lowest BCUT2D eigenvalue weighted by Crippen LogP contribution is -2.50. The molecule has 1 aliphatic heterocycles. The van der Waals surface area contributed by atoms with Crippen molar-refractivity contribution in [3.05, 3.63) is 40.5 Å². The van der Waals surface area contributed by atoms with Crippen molar-refractivity contribution in [2.45, 2.75) is 77.5 Å². The molecule has 0 aliphatic carbocycles. The molecule has 1 heterocycles. The topological polar surface area (TPSA) is 94.9 Å². The highest BCUT2D eigenvalue weighted by Gasteiger charge is 2.39. The zero-order chi connectivity index (χ0) is 23.2. The molecule has 7 heteroatoms. The average molecular weight is 450 g/mol. The van der Waals surface area contributed by atoms with Crippen LogP contribution >= 0.6 is 0 Å². The van der Waals surface area contributed by atoms with E-state index in [1.165, 1.54) is 11.6 Å². The second-order valence-electron chi connectivity index (χ2n) is 8.55. The van der Waals surface area contributed by atoms with Gasteiger partial charge in [-0.25, -0.2) is 8.42 Å². The highest BCUT2D eigenvalue weighted by Crippen LogP contribution is 2.40. The minimum atomic E-state index is -4.01. The molecular formula is C24H35NO5S. The van der Waals surface area contributed by atoms with Gasteiger partial charge >= 0.3 is 0 Å². The molecule has 1 fully saturated rings. The van der Waals surface area contributed by atoms with Gasteiger partial charge in [-0.15, -0.1) is 0 Å². The van der Waals surface area contributed by atoms with Gasteiger partial charge in [0.25, 0.3) is 0 Å². The van der Waals surface area contributed by atoms with E-state index >= 15 is 0 Å². The van der Waals surface area contributed by atoms with E-state index in [9.17, 15) is 23.4 Å². The zero-order valence-corrected chi connectivity index (χ0v) is 19.9. The Morgan fingerprint density at radius 3 is 2.39 bits per heavy atom. The molecule has 0 atom stereocenters. The maximum atomic E-state index is 13.2. The Kier molecular flexibility index (Phi) is 8.89. The average Bonchev–Trinajstić information content (AvgIpc) is 2.64. The molecule has 0 bridgehead atoms. The second kappa shape index (κ2) is 11.0. The number of carbonyl (C=O) groups is 1. The zero-order valence-electron chi connectivity index (χ0n) is 19.1. The van der Waals surface area contributed by atoms with Crippen LogP contribution in [-0.4, -0.2) is 41.8 Å². The first kappa shape index (κ1) is 25.1. The van der Waals surface area contributed by atoms with Crippen LogP contribution in [0.15, 0.2) is 34.3 Å². The van der Waals surface area contributed by atoms with E-state index in [0.29, 0.717) is 12.0 Å². The summed E-state index contributed by atoms with van der Waals surface area (Å²) in [7, 11) is -4.01. The van der Waals surface area contributed by atoms with Gasteiger partial charge < -0.3 is 10.2 Å². The Balaban J connectivity index is 2.39.